The van der Waals surface area contributed by atoms with Crippen molar-refractivity contribution in [2.24, 2.45) is 49.7 Å². The summed E-state index contributed by atoms with van der Waals surface area (Å²) in [5.41, 5.74) is 10.1. The standard InChI is InChI=1S/C23H27N5O5S3.C22H23N5O5S2.C22H25N5O3S2.C17H22N2O4S.C7H9N3O3S.CH3ClO2S.CH4/c1-23(2,3)10-11-28-22(30)18(20(29)19(25-28)16-7-6-12-34-16)21-24-15-9-8-14(26-36(5,32)33)13-17(15)35(4,31)27-21;1-22(2,3)9-10-26-21(29)17(19(28)18(24-26)15-6-5-11-33-15)20-23-14-8-7-13(27(30)31)12-16(14)34(4,32)25-20;1-22(2,3)9-10-27-21(29)17(19(28)18(25-27)15-6-5-11-31-15)20-24-14-8-7-13(23)12-16(14)32(4,30)26-20;1-5-23-16(22)12-14(20)13(11-7-6-10-24-11)18-19(15(12)21)9-8-17(2,3)4;1-14(9,13)7-4-5(10(11)12)2-3-6(7)8;1-5(2,3)4;/h6-9,12-13,26,29H,10-11H2,1-5H3;5-8,11-12,28H,9-10H2,1-4H3;5-8,11-12,28H,9-10,23H2,1-4H3;6-7,10,20H,5,8-9H2,1-4H3;2-4,9H,8H2,1H3;1H3;1H4. The van der Waals surface area contributed by atoms with Gasteiger partial charge in [-0.25, -0.2) is 76.9 Å². The molecule has 42 nitrogen and oxygen atoms in total. The summed E-state index contributed by atoms with van der Waals surface area (Å²) in [4.78, 5) is 102. The molecule has 0 amide bonds. The van der Waals surface area contributed by atoms with Gasteiger partial charge in [0.2, 0.25) is 19.1 Å². The lowest BCUT2D eigenvalue weighted by atomic mass is 9.92. The van der Waals surface area contributed by atoms with Gasteiger partial charge in [-0.1, -0.05) is 115 Å². The average molecular weight is 2220 g/mol. The molecule has 0 aliphatic carbocycles. The minimum atomic E-state index is -3.55. The van der Waals surface area contributed by atoms with Crippen molar-refractivity contribution in [3.05, 3.63) is 227 Å². The van der Waals surface area contributed by atoms with Crippen LogP contribution in [0.3, 0.4) is 0 Å². The Labute approximate surface area is 864 Å². The number of nitro groups is 2. The number of nitrogens with zero attached hydrogens (tertiary/aromatic N) is 16. The summed E-state index contributed by atoms with van der Waals surface area (Å²) in [6.45, 7) is 27.8. The molecule has 0 saturated carbocycles. The zero-order chi connectivity index (χ0) is 108. The van der Waals surface area contributed by atoms with E-state index in [1.165, 1.54) is 138 Å². The summed E-state index contributed by atoms with van der Waals surface area (Å²) in [7, 11) is -14.5. The van der Waals surface area contributed by atoms with E-state index in [0.717, 1.165) is 18.6 Å². The first kappa shape index (κ1) is 117. The third-order valence-corrected chi connectivity index (χ3v) is 31.0. The molecule has 12 aromatic rings. The summed E-state index contributed by atoms with van der Waals surface area (Å²) in [5.74, 6) is -2.78. The highest BCUT2D eigenvalue weighted by molar-refractivity contribution is 8.13. The number of amidine groups is 3. The van der Waals surface area contributed by atoms with E-state index in [4.69, 9.17) is 21.0 Å². The largest absolute Gasteiger partial charge is 0.505 e. The van der Waals surface area contributed by atoms with Crippen molar-refractivity contribution in [1.29, 1.82) is 4.78 Å². The Bertz CT molecular complexity index is 8180. The Kier molecular flexibility index (Phi) is 36.8. The normalized spacial score (nSPS) is 16.1. The van der Waals surface area contributed by atoms with Crippen molar-refractivity contribution in [1.82, 2.24) is 39.1 Å². The molecular weight excluding hydrogens is 2110 g/mol. The number of fused-ring (bicyclic) bond motifs is 3. The first-order chi connectivity index (χ1) is 67.0. The number of carbonyl (C=O) groups excluding carboxylic acids is 1. The molecule has 53 heteroatoms. The maximum atomic E-state index is 13.6. The molecule has 0 radical (unpaired) electrons. The van der Waals surface area contributed by atoms with Crippen LogP contribution in [-0.4, -0.2) is 171 Å². The SMILES string of the molecule is C.CC(C)(C)CCn1nc(-c2cccs2)c(O)c(C2=Nc3ccc(N)cc3S(C)(=O)=N2)c1=O.CC(C)(C)CCn1nc(-c2cccs2)c(O)c(C2=Nc3ccc(NS(C)(=O)=O)cc3S(C)(=O)=N2)c1=O.CC(C)(C)CCn1nc(-c2cccs2)c(O)c(C2=Nc3ccc([N+](=O)[O-])cc3S(C)(=O)=N2)c1=O.CCOC(=O)c1c(O)c(-c2cccs2)nn(CCC(C)(C)C)c1=O.CS(=N)(=O)c1cc([N+](=O)[O-])ccc1N.CS(=O)(=O)Cl. The van der Waals surface area contributed by atoms with Crippen LogP contribution >= 0.6 is 56.0 Å². The Morgan fingerprint density at radius 1 is 0.479 bits per heavy atom. The van der Waals surface area contributed by atoms with Crippen LogP contribution in [0.15, 0.2) is 210 Å². The molecule has 784 valence electrons. The fourth-order valence-corrected chi connectivity index (χ4v) is 21.9. The molecule has 3 aliphatic rings. The first-order valence-electron chi connectivity index (χ1n) is 43.6. The van der Waals surface area contributed by atoms with Gasteiger partial charge in [-0.15, -0.1) is 45.3 Å². The van der Waals surface area contributed by atoms with Crippen LogP contribution < -0.4 is 38.4 Å². The lowest BCUT2D eigenvalue weighted by Crippen LogP contribution is -2.31. The number of thiophene rings is 4. The number of rotatable bonds is 22. The highest BCUT2D eigenvalue weighted by atomic mass is 35.7. The second kappa shape index (κ2) is 46.0. The summed E-state index contributed by atoms with van der Waals surface area (Å²) in [5, 5.41) is 90.2. The van der Waals surface area contributed by atoms with Gasteiger partial charge in [-0.3, -0.25) is 44.1 Å². The lowest BCUT2D eigenvalue weighted by Gasteiger charge is -2.20. The predicted octanol–water partition coefficient (Wildman–Crippen LogP) is 18.2. The number of nitro benzene ring substituents is 2. The van der Waals surface area contributed by atoms with E-state index in [9.17, 15) is 98.3 Å². The van der Waals surface area contributed by atoms with Crippen LogP contribution in [0.25, 0.3) is 42.3 Å². The Hall–Kier alpha value is -12.9. The van der Waals surface area contributed by atoms with Crippen molar-refractivity contribution in [2.75, 3.05) is 60.3 Å². The van der Waals surface area contributed by atoms with Crippen LogP contribution in [0.5, 0.6) is 23.0 Å². The third-order valence-electron chi connectivity index (χ3n) is 20.7. The Morgan fingerprint density at radius 3 is 1.09 bits per heavy atom. The zero-order valence-corrected chi connectivity index (χ0v) is 91.0. The molecule has 4 aromatic carbocycles. The fraction of sp³-hybridized carbons (Fsp3) is 0.355. The number of benzene rings is 4. The molecule has 15 rings (SSSR count). The van der Waals surface area contributed by atoms with Crippen LogP contribution in [0, 0.1) is 46.7 Å². The van der Waals surface area contributed by atoms with Gasteiger partial charge in [0.05, 0.1) is 124 Å². The minimum Gasteiger partial charge on any atom is -0.505 e. The van der Waals surface area contributed by atoms with Gasteiger partial charge in [0.1, 0.15) is 39.5 Å². The maximum absolute atomic E-state index is 13.6. The number of halogens is 1. The van der Waals surface area contributed by atoms with Gasteiger partial charge >= 0.3 is 5.97 Å². The maximum Gasteiger partial charge on any atom is 0.347 e. The fourth-order valence-electron chi connectivity index (χ4n) is 13.4. The van der Waals surface area contributed by atoms with Gasteiger partial charge in [0.15, 0.2) is 46.1 Å². The van der Waals surface area contributed by atoms with Crippen LogP contribution in [0.2, 0.25) is 0 Å². The molecule has 0 bridgehead atoms. The van der Waals surface area contributed by atoms with Crippen molar-refractivity contribution < 1.29 is 73.5 Å². The highest BCUT2D eigenvalue weighted by Crippen LogP contribution is 2.43. The number of carbonyl (C=O) groups is 1. The van der Waals surface area contributed by atoms with E-state index in [0.29, 0.717) is 87.6 Å². The van der Waals surface area contributed by atoms with Crippen molar-refractivity contribution in [3.8, 4) is 65.3 Å². The van der Waals surface area contributed by atoms with E-state index < -0.39 is 108 Å². The smallest absolute Gasteiger partial charge is 0.347 e. The number of nitrogens with one attached hydrogen (secondary N) is 2. The van der Waals surface area contributed by atoms with Gasteiger partial charge in [0.25, 0.3) is 33.6 Å². The molecule has 0 spiro atoms. The van der Waals surface area contributed by atoms with Crippen molar-refractivity contribution in [2.45, 2.75) is 169 Å². The number of ether oxygens (including phenoxy) is 1. The number of anilines is 3. The molecule has 146 heavy (non-hydrogen) atoms. The number of non-ortho nitro benzene ring substituents is 2. The number of esters is 1. The number of aromatic nitrogens is 8. The number of sulfonamides is 1. The highest BCUT2D eigenvalue weighted by Gasteiger charge is 2.35. The summed E-state index contributed by atoms with van der Waals surface area (Å²) in [6.07, 6.45) is 9.98. The number of aromatic hydroxyl groups is 4. The Morgan fingerprint density at radius 2 is 0.781 bits per heavy atom. The number of hydrogen-bond acceptors (Lipinski definition) is 39. The molecule has 11 heterocycles. The molecule has 0 saturated heterocycles. The average Bonchev–Trinajstić information content (AvgIpc) is 0.789. The molecule has 10 N–H and O–H groups in total. The van der Waals surface area contributed by atoms with Gasteiger partial charge in [-0.05, 0) is 149 Å². The molecule has 0 fully saturated rings. The number of hydrogen-bond donors (Lipinski definition) is 8. The van der Waals surface area contributed by atoms with E-state index in [-0.39, 0.29) is 159 Å². The molecular formula is C93H113ClN20O22S10. The van der Waals surface area contributed by atoms with Crippen LogP contribution in [0.1, 0.15) is 150 Å². The van der Waals surface area contributed by atoms with Gasteiger partial charge in [0, 0.05) is 103 Å². The molecule has 8 aromatic heterocycles. The second-order valence-electron chi connectivity index (χ2n) is 38.0. The molecule has 4 unspecified atom stereocenters. The monoisotopic (exact) mass is 2220 g/mol. The van der Waals surface area contributed by atoms with Crippen molar-refractivity contribution >= 4 is 183 Å². The summed E-state index contributed by atoms with van der Waals surface area (Å²) in [6, 6.07) is 31.0. The zero-order valence-electron chi connectivity index (χ0n) is 82.1. The number of aliphatic imine (C=N–C) groups is 3. The van der Waals surface area contributed by atoms with E-state index in [2.05, 4.69) is 126 Å². The van der Waals surface area contributed by atoms with E-state index >= 15 is 0 Å². The predicted molar refractivity (Wildman–Crippen MR) is 578 cm³/mol. The molecule has 3 aliphatic heterocycles. The van der Waals surface area contributed by atoms with Crippen LogP contribution in [-0.2, 0) is 88.9 Å². The minimum absolute atomic E-state index is 0. The van der Waals surface area contributed by atoms with Crippen molar-refractivity contribution in [3.63, 3.8) is 0 Å². The van der Waals surface area contributed by atoms with Gasteiger partial charge in [-0.2, -0.15) is 33.5 Å². The second-order valence-corrected chi connectivity index (χ2v) is 55.4. The number of aryl methyl sites for hydroxylation is 4. The van der Waals surface area contributed by atoms with E-state index in [1.807, 2.05) is 66.6 Å². The number of nitrogen functional groups attached to an aromatic ring is 2. The summed E-state index contributed by atoms with van der Waals surface area (Å²) >= 11 is 5.47. The van der Waals surface area contributed by atoms with Gasteiger partial charge < -0.3 is 36.6 Å². The quantitative estimate of drug-likeness (QED) is 0.0103. The van der Waals surface area contributed by atoms with E-state index in [1.54, 1.807) is 49.4 Å². The number of nitrogens with two attached hydrogens (primary N) is 2. The Balaban J connectivity index is 0.000000205. The lowest BCUT2D eigenvalue weighted by molar-refractivity contribution is -0.385. The van der Waals surface area contributed by atoms with Crippen LogP contribution in [0.4, 0.5) is 45.5 Å². The summed E-state index contributed by atoms with van der Waals surface area (Å²) < 4.78 is 126. The third kappa shape index (κ3) is 30.4. The molecule has 4 atom stereocenters. The topological polar surface area (TPSA) is 632 Å². The first-order valence-corrected chi connectivity index (χ1v) is 59.5.